The zero-order valence-electron chi connectivity index (χ0n) is 20.3. The highest BCUT2D eigenvalue weighted by molar-refractivity contribution is 5.99. The summed E-state index contributed by atoms with van der Waals surface area (Å²) in [7, 11) is 0. The van der Waals surface area contributed by atoms with Gasteiger partial charge in [0.1, 0.15) is 11.1 Å². The number of aromatic nitrogens is 1. The van der Waals surface area contributed by atoms with Crippen LogP contribution >= 0.6 is 0 Å². The Morgan fingerprint density at radius 3 is 2.00 bits per heavy atom. The third-order valence-electron chi connectivity index (χ3n) is 6.90. The Hall–Kier alpha value is -3.67. The van der Waals surface area contributed by atoms with Crippen molar-refractivity contribution in [3.63, 3.8) is 0 Å². The largest absolute Gasteiger partial charge is 0.352 e. The summed E-state index contributed by atoms with van der Waals surface area (Å²) < 4.78 is 1.74. The van der Waals surface area contributed by atoms with Gasteiger partial charge in [0.2, 0.25) is 5.43 Å². The second-order valence-corrected chi connectivity index (χ2v) is 9.32. The van der Waals surface area contributed by atoms with E-state index < -0.39 is 17.2 Å². The number of nitrogens with one attached hydrogen (secondary N) is 2. The molecule has 3 aromatic rings. The number of amides is 2. The van der Waals surface area contributed by atoms with Crippen LogP contribution in [0.1, 0.15) is 70.9 Å². The average molecular weight is 472 g/mol. The molecule has 0 spiro atoms. The van der Waals surface area contributed by atoms with E-state index >= 15 is 0 Å². The first-order valence-corrected chi connectivity index (χ1v) is 12.4. The predicted molar refractivity (Wildman–Crippen MR) is 138 cm³/mol. The molecule has 1 saturated carbocycles. The first-order chi connectivity index (χ1) is 17.0. The normalized spacial score (nSPS) is 14.8. The van der Waals surface area contributed by atoms with E-state index in [0.29, 0.717) is 19.6 Å². The lowest BCUT2D eigenvalue weighted by molar-refractivity contribution is 0.0934. The van der Waals surface area contributed by atoms with Crippen LogP contribution in [0.15, 0.2) is 77.9 Å². The molecule has 6 heteroatoms. The van der Waals surface area contributed by atoms with Gasteiger partial charge in [0, 0.05) is 37.4 Å². The minimum absolute atomic E-state index is 0.0105. The number of rotatable bonds is 8. The van der Waals surface area contributed by atoms with Gasteiger partial charge in [-0.15, -0.1) is 0 Å². The Morgan fingerprint density at radius 1 is 0.829 bits per heavy atom. The van der Waals surface area contributed by atoms with Gasteiger partial charge in [0.25, 0.3) is 11.8 Å². The molecule has 0 saturated heterocycles. The van der Waals surface area contributed by atoms with E-state index in [1.807, 2.05) is 48.5 Å². The quantitative estimate of drug-likeness (QED) is 0.515. The van der Waals surface area contributed by atoms with Crippen LogP contribution in [-0.2, 0) is 12.0 Å². The SMILES string of the molecule is CCNC(=O)c1cn(Cc2ccccc2)cc(C(=O)NCC2(c3ccccc3)CCCCC2)c1=O. The second-order valence-electron chi connectivity index (χ2n) is 9.32. The minimum atomic E-state index is -0.546. The molecule has 0 atom stereocenters. The van der Waals surface area contributed by atoms with Gasteiger partial charge in [0.05, 0.1) is 0 Å². The molecule has 2 aromatic carbocycles. The molecule has 4 rings (SSSR count). The monoisotopic (exact) mass is 471 g/mol. The summed E-state index contributed by atoms with van der Waals surface area (Å²) in [6, 6.07) is 20.1. The topological polar surface area (TPSA) is 80.2 Å². The van der Waals surface area contributed by atoms with Gasteiger partial charge in [0.15, 0.2) is 0 Å². The van der Waals surface area contributed by atoms with Gasteiger partial charge in [-0.3, -0.25) is 14.4 Å². The van der Waals surface area contributed by atoms with Crippen LogP contribution in [0.2, 0.25) is 0 Å². The van der Waals surface area contributed by atoms with E-state index in [-0.39, 0.29) is 16.5 Å². The van der Waals surface area contributed by atoms with Gasteiger partial charge < -0.3 is 15.2 Å². The molecule has 35 heavy (non-hydrogen) atoms. The van der Waals surface area contributed by atoms with E-state index in [1.165, 1.54) is 18.2 Å². The zero-order valence-corrected chi connectivity index (χ0v) is 20.3. The predicted octanol–water partition coefficient (Wildman–Crippen LogP) is 4.28. The number of pyridine rings is 1. The Balaban J connectivity index is 1.63. The zero-order chi connectivity index (χ0) is 24.7. The minimum Gasteiger partial charge on any atom is -0.352 e. The molecule has 1 aromatic heterocycles. The van der Waals surface area contributed by atoms with Crippen molar-refractivity contribution in [2.45, 2.75) is 51.0 Å². The van der Waals surface area contributed by atoms with Crippen LogP contribution in [0.5, 0.6) is 0 Å². The number of carbonyl (C=O) groups is 2. The van der Waals surface area contributed by atoms with Crippen LogP contribution in [-0.4, -0.2) is 29.5 Å². The van der Waals surface area contributed by atoms with E-state index in [9.17, 15) is 14.4 Å². The lowest BCUT2D eigenvalue weighted by atomic mass is 9.69. The highest BCUT2D eigenvalue weighted by Gasteiger charge is 2.34. The smallest absolute Gasteiger partial charge is 0.256 e. The van der Waals surface area contributed by atoms with E-state index in [1.54, 1.807) is 17.7 Å². The summed E-state index contributed by atoms with van der Waals surface area (Å²) in [4.78, 5) is 39.2. The van der Waals surface area contributed by atoms with Gasteiger partial charge >= 0.3 is 0 Å². The highest BCUT2D eigenvalue weighted by atomic mass is 16.2. The third-order valence-corrected chi connectivity index (χ3v) is 6.90. The van der Waals surface area contributed by atoms with E-state index in [2.05, 4.69) is 22.8 Å². The van der Waals surface area contributed by atoms with Crippen molar-refractivity contribution in [2.24, 2.45) is 0 Å². The number of benzene rings is 2. The van der Waals surface area contributed by atoms with Crippen molar-refractivity contribution in [3.05, 3.63) is 106 Å². The van der Waals surface area contributed by atoms with Crippen molar-refractivity contribution in [1.82, 2.24) is 15.2 Å². The van der Waals surface area contributed by atoms with Crippen LogP contribution < -0.4 is 16.1 Å². The van der Waals surface area contributed by atoms with Crippen molar-refractivity contribution >= 4 is 11.8 Å². The van der Waals surface area contributed by atoms with Gasteiger partial charge in [-0.1, -0.05) is 79.9 Å². The van der Waals surface area contributed by atoms with Gasteiger partial charge in [-0.2, -0.15) is 0 Å². The Labute approximate surface area is 206 Å². The van der Waals surface area contributed by atoms with Crippen molar-refractivity contribution < 1.29 is 9.59 Å². The van der Waals surface area contributed by atoms with Crippen LogP contribution in [0.4, 0.5) is 0 Å². The summed E-state index contributed by atoms with van der Waals surface area (Å²) in [6.45, 7) is 3.10. The number of hydrogen-bond donors (Lipinski definition) is 2. The van der Waals surface area contributed by atoms with Crippen LogP contribution in [0.3, 0.4) is 0 Å². The molecule has 0 aliphatic heterocycles. The number of nitrogens with zero attached hydrogens (tertiary/aromatic N) is 1. The summed E-state index contributed by atoms with van der Waals surface area (Å²) in [5, 5.41) is 5.74. The molecule has 0 unspecified atom stereocenters. The molecule has 0 radical (unpaired) electrons. The van der Waals surface area contributed by atoms with E-state index in [4.69, 9.17) is 0 Å². The lowest BCUT2D eigenvalue weighted by Gasteiger charge is -2.38. The maximum atomic E-state index is 13.4. The lowest BCUT2D eigenvalue weighted by Crippen LogP contribution is -2.44. The molecule has 1 heterocycles. The maximum absolute atomic E-state index is 13.4. The molecule has 2 amide bonds. The Kier molecular flexibility index (Phi) is 7.80. The highest BCUT2D eigenvalue weighted by Crippen LogP contribution is 2.38. The van der Waals surface area contributed by atoms with Crippen molar-refractivity contribution in [3.8, 4) is 0 Å². The maximum Gasteiger partial charge on any atom is 0.256 e. The Bertz CT molecular complexity index is 1210. The van der Waals surface area contributed by atoms with Gasteiger partial charge in [-0.05, 0) is 30.9 Å². The molecular weight excluding hydrogens is 438 g/mol. The molecule has 2 N–H and O–H groups in total. The molecule has 1 aliphatic rings. The fourth-order valence-corrected chi connectivity index (χ4v) is 5.03. The average Bonchev–Trinajstić information content (AvgIpc) is 2.90. The number of carbonyl (C=O) groups excluding carboxylic acids is 2. The summed E-state index contributed by atoms with van der Waals surface area (Å²) >= 11 is 0. The van der Waals surface area contributed by atoms with Crippen LogP contribution in [0.25, 0.3) is 0 Å². The summed E-state index contributed by atoms with van der Waals surface area (Å²) in [6.07, 6.45) is 8.50. The second kappa shape index (κ2) is 11.2. The third kappa shape index (κ3) is 5.70. The van der Waals surface area contributed by atoms with Crippen LogP contribution in [0, 0.1) is 0 Å². The Morgan fingerprint density at radius 2 is 1.40 bits per heavy atom. The molecule has 0 bridgehead atoms. The summed E-state index contributed by atoms with van der Waals surface area (Å²) in [5.74, 6) is -0.911. The first-order valence-electron chi connectivity index (χ1n) is 12.4. The molecule has 6 nitrogen and oxygen atoms in total. The standard InChI is InChI=1S/C29H33N3O3/c1-2-30-27(34)24-19-32(18-22-12-6-3-7-13-22)20-25(26(24)33)28(35)31-21-29(16-10-5-11-17-29)23-14-8-4-9-15-23/h3-4,6-9,12-15,19-20H,2,5,10-11,16-18,21H2,1H3,(H,30,34)(H,31,35). The van der Waals surface area contributed by atoms with E-state index in [0.717, 1.165) is 31.2 Å². The van der Waals surface area contributed by atoms with Crippen molar-refractivity contribution in [1.29, 1.82) is 0 Å². The fraction of sp³-hybridized carbons (Fsp3) is 0.345. The van der Waals surface area contributed by atoms with Crippen molar-refractivity contribution in [2.75, 3.05) is 13.1 Å². The van der Waals surface area contributed by atoms with Gasteiger partial charge in [-0.25, -0.2) is 0 Å². The number of hydrogen-bond acceptors (Lipinski definition) is 3. The molecule has 182 valence electrons. The summed E-state index contributed by atoms with van der Waals surface area (Å²) in [5.41, 5.74) is 1.51. The molecule has 1 fully saturated rings. The first kappa shape index (κ1) is 24.5. The molecule has 1 aliphatic carbocycles. The molecular formula is C29H33N3O3. The fourth-order valence-electron chi connectivity index (χ4n) is 5.03.